The number of hydrogen-bond acceptors (Lipinski definition) is 15. The van der Waals surface area contributed by atoms with Gasteiger partial charge in [0.25, 0.3) is 0 Å². The van der Waals surface area contributed by atoms with Gasteiger partial charge in [0.2, 0.25) is 0 Å². The van der Waals surface area contributed by atoms with E-state index >= 15 is 0 Å². The summed E-state index contributed by atoms with van der Waals surface area (Å²) in [5.41, 5.74) is 0.896. The molecule has 4 saturated carbocycles. The first-order chi connectivity index (χ1) is 26.0. The predicted octanol–water partition coefficient (Wildman–Crippen LogP) is -0.114. The summed E-state index contributed by atoms with van der Waals surface area (Å²) in [7, 11) is 0. The Hall–Kier alpha value is -1.31. The Morgan fingerprint density at radius 1 is 0.782 bits per heavy atom. The molecule has 6 unspecified atom stereocenters. The quantitative estimate of drug-likeness (QED) is 0.109. The van der Waals surface area contributed by atoms with Crippen LogP contribution >= 0.6 is 0 Å². The van der Waals surface area contributed by atoms with Crippen molar-refractivity contribution in [2.24, 2.45) is 46.3 Å². The molecule has 314 valence electrons. The largest absolute Gasteiger partial charge is 0.458 e. The molecule has 9 N–H and O–H groups in total. The van der Waals surface area contributed by atoms with E-state index in [1.807, 2.05) is 6.92 Å². The van der Waals surface area contributed by atoms with E-state index in [4.69, 9.17) is 23.7 Å². The zero-order chi connectivity index (χ0) is 39.7. The van der Waals surface area contributed by atoms with E-state index < -0.39 is 92.8 Å². The van der Waals surface area contributed by atoms with Gasteiger partial charge in [0.05, 0.1) is 37.6 Å². The summed E-state index contributed by atoms with van der Waals surface area (Å²) in [6.07, 6.45) is -7.49. The van der Waals surface area contributed by atoms with Crippen molar-refractivity contribution in [3.63, 3.8) is 0 Å². The molecule has 3 heterocycles. The number of aliphatic hydroxyl groups excluding tert-OH is 9. The van der Waals surface area contributed by atoms with Crippen molar-refractivity contribution in [2.45, 2.75) is 165 Å². The van der Waals surface area contributed by atoms with E-state index in [0.29, 0.717) is 48.5 Å². The maximum atomic E-state index is 13.4. The number of aliphatic hydroxyl groups is 9. The van der Waals surface area contributed by atoms with Gasteiger partial charge in [-0.25, -0.2) is 4.79 Å². The van der Waals surface area contributed by atoms with Gasteiger partial charge in [-0.05, 0) is 98.2 Å². The van der Waals surface area contributed by atoms with Crippen LogP contribution in [0.4, 0.5) is 0 Å². The Morgan fingerprint density at radius 3 is 2.05 bits per heavy atom. The van der Waals surface area contributed by atoms with E-state index in [0.717, 1.165) is 44.1 Å². The Kier molecular flexibility index (Phi) is 12.2. The lowest BCUT2D eigenvalue weighted by molar-refractivity contribution is -0.320. The van der Waals surface area contributed by atoms with Crippen LogP contribution in [-0.4, -0.2) is 151 Å². The fourth-order valence-electron chi connectivity index (χ4n) is 12.6. The molecule has 55 heavy (non-hydrogen) atoms. The molecule has 6 fully saturated rings. The Balaban J connectivity index is 0.976. The van der Waals surface area contributed by atoms with Crippen molar-refractivity contribution >= 4 is 5.97 Å². The first-order valence-electron chi connectivity index (χ1n) is 20.5. The molecule has 2 saturated heterocycles. The minimum atomic E-state index is -1.58. The van der Waals surface area contributed by atoms with Gasteiger partial charge in [-0.3, -0.25) is 0 Å². The lowest BCUT2D eigenvalue weighted by Crippen LogP contribution is -2.62. The standard InChI is InChI=1S/C40H64O15/c1-17-11-26(53-36(50)22(17)16-51-37-34(48)32(46)30(44)27(14-41)54-37)18(2)23-7-8-24-21-6-5-19-12-20(52-38-35(49)33(47)31(45)28(15-42)55-38)13-29(43)40(19,4)25(21)9-10-39(23,24)3/h18-21,23-35,37-38,41-49H,5-16H2,1-4H3/t18-,19?,20+,21?,23?,24?,25?,26?,27+,28+,29-,30+,31+,32-,33-,34+,35+,37+,38+,39+,40-/m0/s1. The molecule has 0 aromatic carbocycles. The maximum absolute atomic E-state index is 13.4. The third-order valence-corrected chi connectivity index (χ3v) is 16.0. The summed E-state index contributed by atoms with van der Waals surface area (Å²) in [5.74, 6) is 1.43. The normalized spacial score (nSPS) is 52.2. The molecule has 0 aromatic rings. The first kappa shape index (κ1) is 41.8. The van der Waals surface area contributed by atoms with Crippen LogP contribution in [0.25, 0.3) is 0 Å². The molecule has 0 spiro atoms. The highest BCUT2D eigenvalue weighted by Gasteiger charge is 2.63. The summed E-state index contributed by atoms with van der Waals surface area (Å²) in [6, 6.07) is 0. The Labute approximate surface area is 322 Å². The van der Waals surface area contributed by atoms with Crippen LogP contribution < -0.4 is 0 Å². The van der Waals surface area contributed by atoms with E-state index in [1.165, 1.54) is 0 Å². The maximum Gasteiger partial charge on any atom is 0.336 e. The molecule has 15 nitrogen and oxygen atoms in total. The second kappa shape index (κ2) is 16.0. The highest BCUT2D eigenvalue weighted by Crippen LogP contribution is 2.68. The fraction of sp³-hybridized carbons (Fsp3) is 0.925. The molecule has 4 aliphatic carbocycles. The first-order valence-corrected chi connectivity index (χ1v) is 20.5. The van der Waals surface area contributed by atoms with Gasteiger partial charge in [-0.2, -0.15) is 0 Å². The number of esters is 1. The van der Waals surface area contributed by atoms with Gasteiger partial charge in [0.1, 0.15) is 54.9 Å². The summed E-state index contributed by atoms with van der Waals surface area (Å²) in [5, 5.41) is 92.6. The van der Waals surface area contributed by atoms with Gasteiger partial charge in [-0.1, -0.05) is 26.3 Å². The summed E-state index contributed by atoms with van der Waals surface area (Å²) >= 11 is 0. The SMILES string of the molecule is CC1=C(CO[C@@H]2O[C@H](CO)[C@@H](O)[C@H](O)[C@H]2O)C(=O)OC([C@@H](C)C2CCC3C4CCC5C[C@@H](O[C@@H]6O[C@H](CO)[C@@H](O)[C@H](O)[C@H]6O)C[C@H](O)[C@]5(C)C4CC[C@@]32C)C1. The lowest BCUT2D eigenvalue weighted by atomic mass is 9.43. The average Bonchev–Trinajstić information content (AvgIpc) is 3.51. The number of carbonyl (C=O) groups excluding carboxylic acids is 1. The molecule has 0 radical (unpaired) electrons. The minimum Gasteiger partial charge on any atom is -0.458 e. The number of fused-ring (bicyclic) bond motifs is 5. The van der Waals surface area contributed by atoms with Crippen LogP contribution in [0.1, 0.15) is 85.5 Å². The molecule has 21 atom stereocenters. The highest BCUT2D eigenvalue weighted by molar-refractivity contribution is 5.90. The van der Waals surface area contributed by atoms with Crippen LogP contribution in [0, 0.1) is 46.3 Å². The number of cyclic esters (lactones) is 1. The minimum absolute atomic E-state index is 0.0503. The molecule has 3 aliphatic heterocycles. The van der Waals surface area contributed by atoms with Crippen molar-refractivity contribution in [2.75, 3.05) is 19.8 Å². The second-order valence-electron chi connectivity index (χ2n) is 18.5. The lowest BCUT2D eigenvalue weighted by Gasteiger charge is -2.62. The number of ether oxygens (including phenoxy) is 5. The van der Waals surface area contributed by atoms with Crippen LogP contribution in [0.2, 0.25) is 0 Å². The molecule has 15 heteroatoms. The third kappa shape index (κ3) is 7.14. The van der Waals surface area contributed by atoms with E-state index in [9.17, 15) is 50.8 Å². The van der Waals surface area contributed by atoms with E-state index in [1.54, 1.807) is 0 Å². The third-order valence-electron chi connectivity index (χ3n) is 16.0. The molecular formula is C40H64O15. The predicted molar refractivity (Wildman–Crippen MR) is 191 cm³/mol. The van der Waals surface area contributed by atoms with E-state index in [2.05, 4.69) is 20.8 Å². The van der Waals surface area contributed by atoms with Crippen LogP contribution in [-0.2, 0) is 28.5 Å². The van der Waals surface area contributed by atoms with Crippen molar-refractivity contribution in [3.8, 4) is 0 Å². The number of carbonyl (C=O) groups is 1. The molecule has 0 amide bonds. The summed E-state index contributed by atoms with van der Waals surface area (Å²) in [4.78, 5) is 13.4. The Morgan fingerprint density at radius 2 is 1.42 bits per heavy atom. The molecule has 7 rings (SSSR count). The highest BCUT2D eigenvalue weighted by atomic mass is 16.7. The van der Waals surface area contributed by atoms with Crippen LogP contribution in [0.15, 0.2) is 11.1 Å². The van der Waals surface area contributed by atoms with Gasteiger partial charge < -0.3 is 69.6 Å². The van der Waals surface area contributed by atoms with Gasteiger partial charge in [0, 0.05) is 12.8 Å². The average molecular weight is 785 g/mol. The van der Waals surface area contributed by atoms with Crippen LogP contribution in [0.5, 0.6) is 0 Å². The smallest absolute Gasteiger partial charge is 0.336 e. The number of hydrogen-bond donors (Lipinski definition) is 9. The van der Waals surface area contributed by atoms with Crippen molar-refractivity contribution < 1.29 is 74.4 Å². The number of rotatable bonds is 9. The van der Waals surface area contributed by atoms with Crippen molar-refractivity contribution in [1.29, 1.82) is 0 Å². The molecule has 7 aliphatic rings. The molecule has 0 bridgehead atoms. The molecule has 0 aromatic heterocycles. The Bertz CT molecular complexity index is 1410. The van der Waals surface area contributed by atoms with E-state index in [-0.39, 0.29) is 35.4 Å². The van der Waals surface area contributed by atoms with Gasteiger partial charge in [-0.15, -0.1) is 0 Å². The van der Waals surface area contributed by atoms with Gasteiger partial charge >= 0.3 is 5.97 Å². The zero-order valence-electron chi connectivity index (χ0n) is 32.4. The summed E-state index contributed by atoms with van der Waals surface area (Å²) in [6.45, 7) is 7.42. The van der Waals surface area contributed by atoms with Gasteiger partial charge in [0.15, 0.2) is 12.6 Å². The zero-order valence-corrected chi connectivity index (χ0v) is 32.4. The second-order valence-corrected chi connectivity index (χ2v) is 18.5. The van der Waals surface area contributed by atoms with Crippen molar-refractivity contribution in [1.82, 2.24) is 0 Å². The fourth-order valence-corrected chi connectivity index (χ4v) is 12.6. The summed E-state index contributed by atoms with van der Waals surface area (Å²) < 4.78 is 29.0. The van der Waals surface area contributed by atoms with Crippen molar-refractivity contribution in [3.05, 3.63) is 11.1 Å². The molecular weight excluding hydrogens is 720 g/mol. The van der Waals surface area contributed by atoms with Crippen LogP contribution in [0.3, 0.4) is 0 Å². The monoisotopic (exact) mass is 784 g/mol. The topological polar surface area (TPSA) is 245 Å².